The number of rotatable bonds is 7. The van der Waals surface area contributed by atoms with Gasteiger partial charge in [0.25, 0.3) is 5.91 Å². The summed E-state index contributed by atoms with van der Waals surface area (Å²) >= 11 is 0. The molecule has 0 aliphatic heterocycles. The fraction of sp³-hybridized carbons (Fsp3) is 0.350. The first kappa shape index (κ1) is 17.1. The molecular weight excluding hydrogens is 286 g/mol. The molecule has 122 valence electrons. The molecule has 0 heterocycles. The van der Waals surface area contributed by atoms with Gasteiger partial charge in [0.2, 0.25) is 0 Å². The lowest BCUT2D eigenvalue weighted by molar-refractivity contribution is -0.127. The summed E-state index contributed by atoms with van der Waals surface area (Å²) in [5.74, 6) is 0.681. The first-order chi connectivity index (χ1) is 11.1. The van der Waals surface area contributed by atoms with Gasteiger partial charge in [-0.1, -0.05) is 48.5 Å². The highest BCUT2D eigenvalue weighted by atomic mass is 16.5. The quantitative estimate of drug-likeness (QED) is 0.842. The first-order valence-corrected chi connectivity index (χ1v) is 8.13. The summed E-state index contributed by atoms with van der Waals surface area (Å²) in [4.78, 5) is 12.2. The van der Waals surface area contributed by atoms with E-state index in [0.717, 1.165) is 24.2 Å². The maximum atomic E-state index is 12.2. The van der Waals surface area contributed by atoms with Crippen molar-refractivity contribution in [1.29, 1.82) is 0 Å². The predicted molar refractivity (Wildman–Crippen MR) is 93.6 cm³/mol. The third-order valence-corrected chi connectivity index (χ3v) is 3.86. The lowest BCUT2D eigenvalue weighted by Gasteiger charge is -2.19. The minimum absolute atomic E-state index is 0.0752. The fourth-order valence-corrected chi connectivity index (χ4v) is 2.39. The fourth-order valence-electron chi connectivity index (χ4n) is 2.39. The highest BCUT2D eigenvalue weighted by molar-refractivity contribution is 5.81. The van der Waals surface area contributed by atoms with Crippen molar-refractivity contribution >= 4 is 5.91 Å². The van der Waals surface area contributed by atoms with E-state index in [9.17, 15) is 4.79 Å². The smallest absolute Gasteiger partial charge is 0.260 e. The van der Waals surface area contributed by atoms with E-state index in [2.05, 4.69) is 17.4 Å². The Hall–Kier alpha value is -2.29. The molecule has 0 unspecified atom stereocenters. The molecular formula is C20H25NO2. The van der Waals surface area contributed by atoms with Crippen LogP contribution in [0.4, 0.5) is 0 Å². The van der Waals surface area contributed by atoms with Crippen LogP contribution in [-0.4, -0.2) is 18.1 Å². The second-order valence-corrected chi connectivity index (χ2v) is 5.96. The van der Waals surface area contributed by atoms with Gasteiger partial charge in [0.1, 0.15) is 5.75 Å². The monoisotopic (exact) mass is 311 g/mol. The number of carbonyl (C=O) groups excluding carboxylic acids is 1. The number of para-hydroxylation sites is 1. The first-order valence-electron chi connectivity index (χ1n) is 8.13. The maximum absolute atomic E-state index is 12.2. The number of amides is 1. The summed E-state index contributed by atoms with van der Waals surface area (Å²) in [6, 6.07) is 18.2. The van der Waals surface area contributed by atoms with Crippen molar-refractivity contribution in [3.05, 3.63) is 65.7 Å². The van der Waals surface area contributed by atoms with Crippen molar-refractivity contribution < 1.29 is 9.53 Å². The van der Waals surface area contributed by atoms with E-state index in [1.165, 1.54) is 5.56 Å². The molecule has 0 saturated heterocycles. The van der Waals surface area contributed by atoms with Gasteiger partial charge in [-0.15, -0.1) is 0 Å². The predicted octanol–water partition coefficient (Wildman–Crippen LogP) is 3.90. The summed E-state index contributed by atoms with van der Waals surface area (Å²) in [6.45, 7) is 5.79. The highest BCUT2D eigenvalue weighted by Gasteiger charge is 2.17. The summed E-state index contributed by atoms with van der Waals surface area (Å²) in [6.07, 6.45) is 1.36. The lowest BCUT2D eigenvalue weighted by Crippen LogP contribution is -2.41. The van der Waals surface area contributed by atoms with Crippen molar-refractivity contribution in [2.75, 3.05) is 0 Å². The molecule has 0 aliphatic rings. The van der Waals surface area contributed by atoms with Crippen LogP contribution in [0.5, 0.6) is 5.75 Å². The zero-order valence-corrected chi connectivity index (χ0v) is 14.1. The number of benzene rings is 2. The molecule has 2 rings (SSSR count). The summed E-state index contributed by atoms with van der Waals surface area (Å²) in [7, 11) is 0. The second-order valence-electron chi connectivity index (χ2n) is 5.96. The van der Waals surface area contributed by atoms with Gasteiger partial charge in [-0.2, -0.15) is 0 Å². The molecule has 1 amide bonds. The van der Waals surface area contributed by atoms with Crippen LogP contribution in [0, 0.1) is 6.92 Å². The van der Waals surface area contributed by atoms with E-state index in [-0.39, 0.29) is 11.9 Å². The number of hydrogen-bond acceptors (Lipinski definition) is 2. The molecule has 0 spiro atoms. The van der Waals surface area contributed by atoms with E-state index in [4.69, 9.17) is 4.74 Å². The Labute approximate surface area is 138 Å². The van der Waals surface area contributed by atoms with Crippen molar-refractivity contribution in [2.24, 2.45) is 0 Å². The summed E-state index contributed by atoms with van der Waals surface area (Å²) in [5, 5.41) is 3.03. The topological polar surface area (TPSA) is 38.3 Å². The van der Waals surface area contributed by atoms with Gasteiger partial charge in [-0.05, 0) is 50.8 Å². The average molecular weight is 311 g/mol. The third-order valence-electron chi connectivity index (χ3n) is 3.86. The van der Waals surface area contributed by atoms with E-state index in [1.807, 2.05) is 56.3 Å². The van der Waals surface area contributed by atoms with Crippen LogP contribution in [0.1, 0.15) is 31.4 Å². The minimum Gasteiger partial charge on any atom is -0.481 e. The standard InChI is InChI=1S/C20H25NO2/c1-15-9-7-8-12-19(15)23-17(3)20(22)21-16(2)13-14-18-10-5-4-6-11-18/h4-12,16-17H,13-14H2,1-3H3,(H,21,22)/t16-,17+/m0/s1. The van der Waals surface area contributed by atoms with Gasteiger partial charge >= 0.3 is 0 Å². The third kappa shape index (κ3) is 5.44. The van der Waals surface area contributed by atoms with Crippen molar-refractivity contribution in [1.82, 2.24) is 5.32 Å². The molecule has 3 heteroatoms. The van der Waals surface area contributed by atoms with Gasteiger partial charge in [-0.25, -0.2) is 0 Å². The lowest BCUT2D eigenvalue weighted by atomic mass is 10.1. The van der Waals surface area contributed by atoms with Gasteiger partial charge in [0.05, 0.1) is 0 Å². The zero-order chi connectivity index (χ0) is 16.7. The van der Waals surface area contributed by atoms with Crippen LogP contribution in [0.3, 0.4) is 0 Å². The highest BCUT2D eigenvalue weighted by Crippen LogP contribution is 2.17. The Bertz CT molecular complexity index is 625. The molecule has 2 aromatic rings. The van der Waals surface area contributed by atoms with Gasteiger partial charge in [0, 0.05) is 6.04 Å². The number of hydrogen-bond donors (Lipinski definition) is 1. The number of nitrogens with one attached hydrogen (secondary N) is 1. The average Bonchev–Trinajstić information content (AvgIpc) is 2.56. The van der Waals surface area contributed by atoms with Crippen LogP contribution in [-0.2, 0) is 11.2 Å². The summed E-state index contributed by atoms with van der Waals surface area (Å²) < 4.78 is 5.76. The van der Waals surface area contributed by atoms with Gasteiger partial charge < -0.3 is 10.1 Å². The Kier molecular flexibility index (Phi) is 6.21. The number of aryl methyl sites for hydroxylation is 2. The number of carbonyl (C=O) groups is 1. The Morgan fingerprint density at radius 2 is 1.70 bits per heavy atom. The molecule has 0 saturated carbocycles. The van der Waals surface area contributed by atoms with Crippen LogP contribution in [0.2, 0.25) is 0 Å². The SMILES string of the molecule is Cc1ccccc1O[C@H](C)C(=O)N[C@@H](C)CCc1ccccc1. The van der Waals surface area contributed by atoms with Crippen LogP contribution in [0.25, 0.3) is 0 Å². The summed E-state index contributed by atoms with van der Waals surface area (Å²) in [5.41, 5.74) is 2.32. The molecule has 0 aromatic heterocycles. The molecule has 1 N–H and O–H groups in total. The zero-order valence-electron chi connectivity index (χ0n) is 14.1. The van der Waals surface area contributed by atoms with Gasteiger partial charge in [-0.3, -0.25) is 4.79 Å². The van der Waals surface area contributed by atoms with E-state index < -0.39 is 6.10 Å². The van der Waals surface area contributed by atoms with Crippen molar-refractivity contribution in [2.45, 2.75) is 45.8 Å². The van der Waals surface area contributed by atoms with Crippen LogP contribution >= 0.6 is 0 Å². The van der Waals surface area contributed by atoms with Crippen molar-refractivity contribution in [3.8, 4) is 5.75 Å². The van der Waals surface area contributed by atoms with E-state index >= 15 is 0 Å². The minimum atomic E-state index is -0.504. The molecule has 0 radical (unpaired) electrons. The largest absolute Gasteiger partial charge is 0.481 e. The van der Waals surface area contributed by atoms with Crippen molar-refractivity contribution in [3.63, 3.8) is 0 Å². The Morgan fingerprint density at radius 3 is 2.39 bits per heavy atom. The molecule has 0 aliphatic carbocycles. The number of ether oxygens (including phenoxy) is 1. The maximum Gasteiger partial charge on any atom is 0.260 e. The molecule has 2 aromatic carbocycles. The van der Waals surface area contributed by atoms with Gasteiger partial charge in [0.15, 0.2) is 6.10 Å². The molecule has 23 heavy (non-hydrogen) atoms. The van der Waals surface area contributed by atoms with Crippen LogP contribution < -0.4 is 10.1 Å². The second kappa shape index (κ2) is 8.37. The molecule has 0 bridgehead atoms. The molecule has 2 atom stereocenters. The normalized spacial score (nSPS) is 13.2. The van der Waals surface area contributed by atoms with E-state index in [1.54, 1.807) is 6.92 Å². The van der Waals surface area contributed by atoms with E-state index in [0.29, 0.717) is 0 Å². The Balaban J connectivity index is 1.80. The molecule has 0 fully saturated rings. The Morgan fingerprint density at radius 1 is 1.04 bits per heavy atom. The van der Waals surface area contributed by atoms with Crippen LogP contribution in [0.15, 0.2) is 54.6 Å². The molecule has 3 nitrogen and oxygen atoms in total.